The molecule has 3 aromatic rings. The molecule has 2 heterocycles. The molecule has 29 heavy (non-hydrogen) atoms. The van der Waals surface area contributed by atoms with Gasteiger partial charge in [-0.25, -0.2) is 17.8 Å². The van der Waals surface area contributed by atoms with Gasteiger partial charge in [0.25, 0.3) is 5.91 Å². The molecule has 2 aromatic carbocycles. The lowest BCUT2D eigenvalue weighted by Gasteiger charge is -2.17. The van der Waals surface area contributed by atoms with Crippen LogP contribution in [-0.2, 0) is 10.0 Å². The Morgan fingerprint density at radius 2 is 1.97 bits per heavy atom. The Balaban J connectivity index is 1.55. The highest BCUT2D eigenvalue weighted by atomic mass is 32.2. The zero-order valence-corrected chi connectivity index (χ0v) is 17.2. The lowest BCUT2D eigenvalue weighted by Crippen LogP contribution is -2.25. The van der Waals surface area contributed by atoms with Gasteiger partial charge in [-0.2, -0.15) is 0 Å². The van der Waals surface area contributed by atoms with Gasteiger partial charge in [0.2, 0.25) is 10.0 Å². The molecular weight excluding hydrogens is 413 g/mol. The quantitative estimate of drug-likeness (QED) is 0.676. The molecule has 6 nitrogen and oxygen atoms in total. The van der Waals surface area contributed by atoms with Gasteiger partial charge >= 0.3 is 0 Å². The zero-order valence-electron chi connectivity index (χ0n) is 15.6. The molecule has 4 rings (SSSR count). The van der Waals surface area contributed by atoms with E-state index in [1.165, 1.54) is 27.8 Å². The van der Waals surface area contributed by atoms with Crippen molar-refractivity contribution in [2.45, 2.75) is 13.3 Å². The van der Waals surface area contributed by atoms with Crippen LogP contribution in [-0.4, -0.2) is 31.6 Å². The second kappa shape index (κ2) is 7.57. The van der Waals surface area contributed by atoms with E-state index in [0.29, 0.717) is 35.0 Å². The number of sulfonamides is 1. The van der Waals surface area contributed by atoms with E-state index < -0.39 is 10.0 Å². The number of aryl methyl sites for hydroxylation is 1. The van der Waals surface area contributed by atoms with Gasteiger partial charge in [-0.15, -0.1) is 11.3 Å². The number of carbonyl (C=O) groups excluding carboxylic acids is 1. The Hall–Kier alpha value is -2.78. The maximum absolute atomic E-state index is 13.1. The third-order valence-corrected chi connectivity index (χ3v) is 7.39. The Morgan fingerprint density at radius 1 is 1.21 bits per heavy atom. The van der Waals surface area contributed by atoms with Gasteiger partial charge in [0.15, 0.2) is 5.13 Å². The van der Waals surface area contributed by atoms with E-state index in [-0.39, 0.29) is 17.5 Å². The summed E-state index contributed by atoms with van der Waals surface area (Å²) >= 11 is 1.32. The van der Waals surface area contributed by atoms with Crippen LogP contribution in [0, 0.1) is 12.7 Å². The van der Waals surface area contributed by atoms with E-state index in [4.69, 9.17) is 0 Å². The maximum atomic E-state index is 13.1. The van der Waals surface area contributed by atoms with Crippen LogP contribution >= 0.6 is 11.3 Å². The second-order valence-corrected chi connectivity index (χ2v) is 9.89. The molecule has 1 saturated heterocycles. The number of halogens is 1. The van der Waals surface area contributed by atoms with E-state index in [1.807, 2.05) is 6.92 Å². The number of rotatable bonds is 4. The minimum absolute atomic E-state index is 0.119. The van der Waals surface area contributed by atoms with Crippen LogP contribution in [0.4, 0.5) is 15.2 Å². The summed E-state index contributed by atoms with van der Waals surface area (Å²) in [7, 11) is -3.31. The van der Waals surface area contributed by atoms with E-state index in [1.54, 1.807) is 36.4 Å². The summed E-state index contributed by atoms with van der Waals surface area (Å²) in [5.74, 6) is -0.577. The SMILES string of the molecule is Cc1sc(NC(=O)c2cccc(N3CCCS3(=O)=O)c2)nc1-c1ccc(F)cc1. The Bertz CT molecular complexity index is 1170. The molecule has 0 atom stereocenters. The van der Waals surface area contributed by atoms with Gasteiger partial charge in [0.1, 0.15) is 5.82 Å². The van der Waals surface area contributed by atoms with Crippen molar-refractivity contribution < 1.29 is 17.6 Å². The van der Waals surface area contributed by atoms with Gasteiger partial charge in [0.05, 0.1) is 17.1 Å². The largest absolute Gasteiger partial charge is 0.298 e. The van der Waals surface area contributed by atoms with Crippen molar-refractivity contribution in [2.24, 2.45) is 0 Å². The summed E-state index contributed by atoms with van der Waals surface area (Å²) in [4.78, 5) is 18.0. The molecule has 1 fully saturated rings. The predicted octanol–water partition coefficient (Wildman–Crippen LogP) is 4.05. The van der Waals surface area contributed by atoms with Gasteiger partial charge in [0, 0.05) is 22.5 Å². The minimum atomic E-state index is -3.31. The molecule has 0 aliphatic carbocycles. The molecule has 0 unspecified atom stereocenters. The molecule has 1 aromatic heterocycles. The van der Waals surface area contributed by atoms with E-state index in [9.17, 15) is 17.6 Å². The standard InChI is InChI=1S/C20H18FN3O3S2/c1-13-18(14-6-8-16(21)9-7-14)22-20(28-13)23-19(25)15-4-2-5-17(12-15)24-10-3-11-29(24,26)27/h2,4-9,12H,3,10-11H2,1H3,(H,22,23,25). The van der Waals surface area contributed by atoms with Crippen LogP contribution < -0.4 is 9.62 Å². The maximum Gasteiger partial charge on any atom is 0.257 e. The molecular formula is C20H18FN3O3S2. The Kier molecular flexibility index (Phi) is 5.10. The average Bonchev–Trinajstić information content (AvgIpc) is 3.23. The first-order valence-corrected chi connectivity index (χ1v) is 11.4. The van der Waals surface area contributed by atoms with Crippen molar-refractivity contribution >= 4 is 38.1 Å². The Labute approximate surface area is 172 Å². The van der Waals surface area contributed by atoms with Crippen LogP contribution in [0.15, 0.2) is 48.5 Å². The molecule has 0 spiro atoms. The summed E-state index contributed by atoms with van der Waals surface area (Å²) in [5.41, 5.74) is 2.28. The number of nitrogens with zero attached hydrogens (tertiary/aromatic N) is 2. The highest BCUT2D eigenvalue weighted by Gasteiger charge is 2.28. The second-order valence-electron chi connectivity index (χ2n) is 6.68. The zero-order chi connectivity index (χ0) is 20.6. The van der Waals surface area contributed by atoms with Crippen molar-refractivity contribution in [2.75, 3.05) is 21.9 Å². The van der Waals surface area contributed by atoms with Crippen molar-refractivity contribution in [1.29, 1.82) is 0 Å². The molecule has 9 heteroatoms. The summed E-state index contributed by atoms with van der Waals surface area (Å²) < 4.78 is 38.7. The highest BCUT2D eigenvalue weighted by molar-refractivity contribution is 7.93. The molecule has 1 aliphatic heterocycles. The number of hydrogen-bond donors (Lipinski definition) is 1. The molecule has 0 saturated carbocycles. The normalized spacial score (nSPS) is 15.4. The predicted molar refractivity (Wildman–Crippen MR) is 112 cm³/mol. The molecule has 0 radical (unpaired) electrons. The third kappa shape index (κ3) is 4.01. The molecule has 1 aliphatic rings. The van der Waals surface area contributed by atoms with E-state index in [2.05, 4.69) is 10.3 Å². The van der Waals surface area contributed by atoms with Crippen molar-refractivity contribution in [1.82, 2.24) is 4.98 Å². The van der Waals surface area contributed by atoms with Crippen LogP contribution in [0.1, 0.15) is 21.7 Å². The first-order valence-electron chi connectivity index (χ1n) is 8.99. The minimum Gasteiger partial charge on any atom is -0.298 e. The van der Waals surface area contributed by atoms with Crippen LogP contribution in [0.3, 0.4) is 0 Å². The van der Waals surface area contributed by atoms with Gasteiger partial charge in [-0.3, -0.25) is 14.4 Å². The van der Waals surface area contributed by atoms with Gasteiger partial charge in [-0.1, -0.05) is 6.07 Å². The number of aromatic nitrogens is 1. The van der Waals surface area contributed by atoms with Gasteiger partial charge < -0.3 is 0 Å². The number of amides is 1. The molecule has 1 amide bonds. The van der Waals surface area contributed by atoms with Gasteiger partial charge in [-0.05, 0) is 55.8 Å². The third-order valence-electron chi connectivity index (χ3n) is 4.63. The smallest absolute Gasteiger partial charge is 0.257 e. The fourth-order valence-corrected chi connectivity index (χ4v) is 5.61. The topological polar surface area (TPSA) is 79.4 Å². The summed E-state index contributed by atoms with van der Waals surface area (Å²) in [6, 6.07) is 12.6. The number of nitrogens with one attached hydrogen (secondary N) is 1. The lowest BCUT2D eigenvalue weighted by atomic mass is 10.1. The number of hydrogen-bond acceptors (Lipinski definition) is 5. The fraction of sp³-hybridized carbons (Fsp3) is 0.200. The number of thiazole rings is 1. The molecule has 150 valence electrons. The van der Waals surface area contributed by atoms with Crippen LogP contribution in [0.25, 0.3) is 11.3 Å². The monoisotopic (exact) mass is 431 g/mol. The van der Waals surface area contributed by atoms with Crippen molar-refractivity contribution in [3.63, 3.8) is 0 Å². The average molecular weight is 432 g/mol. The van der Waals surface area contributed by atoms with Crippen molar-refractivity contribution in [3.05, 3.63) is 64.8 Å². The summed E-state index contributed by atoms with van der Waals surface area (Å²) in [6.07, 6.45) is 0.573. The fourth-order valence-electron chi connectivity index (χ4n) is 3.23. The highest BCUT2D eigenvalue weighted by Crippen LogP contribution is 2.31. The molecule has 0 bridgehead atoms. The van der Waals surface area contributed by atoms with Crippen molar-refractivity contribution in [3.8, 4) is 11.3 Å². The first-order chi connectivity index (χ1) is 13.8. The molecule has 1 N–H and O–H groups in total. The van der Waals surface area contributed by atoms with Crippen LogP contribution in [0.5, 0.6) is 0 Å². The lowest BCUT2D eigenvalue weighted by molar-refractivity contribution is 0.102. The first kappa shape index (κ1) is 19.5. The van der Waals surface area contributed by atoms with E-state index >= 15 is 0 Å². The summed E-state index contributed by atoms with van der Waals surface area (Å²) in [6.45, 7) is 2.30. The number of benzene rings is 2. The number of carbonyl (C=O) groups is 1. The number of anilines is 2. The van der Waals surface area contributed by atoms with Crippen LogP contribution in [0.2, 0.25) is 0 Å². The summed E-state index contributed by atoms with van der Waals surface area (Å²) in [5, 5.41) is 3.19. The van der Waals surface area contributed by atoms with E-state index in [0.717, 1.165) is 10.4 Å². The Morgan fingerprint density at radius 3 is 2.66 bits per heavy atom.